The molecule has 0 fully saturated rings. The summed E-state index contributed by atoms with van der Waals surface area (Å²) in [6.07, 6.45) is 0. The van der Waals surface area contributed by atoms with E-state index in [0.717, 1.165) is 10.1 Å². The number of nitro benzene ring substituents is 1. The lowest BCUT2D eigenvalue weighted by Gasteiger charge is -2.15. The van der Waals surface area contributed by atoms with E-state index < -0.39 is 16.6 Å². The van der Waals surface area contributed by atoms with Gasteiger partial charge in [-0.1, -0.05) is 29.8 Å². The third-order valence-electron chi connectivity index (χ3n) is 3.91. The molecule has 3 aromatic rings. The van der Waals surface area contributed by atoms with E-state index in [2.05, 4.69) is 5.32 Å². The molecule has 2 aromatic carbocycles. The molecule has 3 rings (SSSR count). The maximum atomic E-state index is 12.3. The van der Waals surface area contributed by atoms with Gasteiger partial charge in [-0.05, 0) is 24.6 Å². The van der Waals surface area contributed by atoms with Crippen LogP contribution in [0.1, 0.15) is 18.5 Å². The molecule has 0 bridgehead atoms. The lowest BCUT2D eigenvalue weighted by Crippen LogP contribution is -2.32. The van der Waals surface area contributed by atoms with Gasteiger partial charge < -0.3 is 9.73 Å². The Hall–Kier alpha value is -3.13. The summed E-state index contributed by atoms with van der Waals surface area (Å²) in [5, 5.41) is 14.2. The van der Waals surface area contributed by atoms with Crippen LogP contribution in [0, 0.1) is 10.1 Å². The van der Waals surface area contributed by atoms with E-state index in [1.165, 1.54) is 18.2 Å². The Bertz CT molecular complexity index is 1060. The zero-order valence-corrected chi connectivity index (χ0v) is 14.4. The Morgan fingerprint density at radius 3 is 2.77 bits per heavy atom. The van der Waals surface area contributed by atoms with Gasteiger partial charge in [0.1, 0.15) is 6.54 Å². The first kappa shape index (κ1) is 17.7. The molecule has 0 saturated carbocycles. The second-order valence-corrected chi connectivity index (χ2v) is 6.08. The molecule has 0 radical (unpaired) electrons. The number of hydrogen-bond acceptors (Lipinski definition) is 5. The van der Waals surface area contributed by atoms with E-state index in [-0.39, 0.29) is 29.4 Å². The minimum absolute atomic E-state index is 0.174. The number of carbonyl (C=O) groups excluding carboxylic acids is 1. The molecule has 26 heavy (non-hydrogen) atoms. The Balaban J connectivity index is 1.84. The number of rotatable bonds is 5. The number of aromatic nitrogens is 1. The number of oxazole rings is 1. The predicted octanol–water partition coefficient (Wildman–Crippen LogP) is 3.03. The third kappa shape index (κ3) is 3.45. The Kier molecular flexibility index (Phi) is 4.77. The van der Waals surface area contributed by atoms with Crippen molar-refractivity contribution in [3.8, 4) is 0 Å². The molecule has 0 spiro atoms. The summed E-state index contributed by atoms with van der Waals surface area (Å²) >= 11 is 6.11. The topological polar surface area (TPSA) is 107 Å². The summed E-state index contributed by atoms with van der Waals surface area (Å²) in [6.45, 7) is 1.43. The number of amides is 1. The van der Waals surface area contributed by atoms with Gasteiger partial charge in [0.05, 0.1) is 16.5 Å². The van der Waals surface area contributed by atoms with Gasteiger partial charge in [0.2, 0.25) is 5.91 Å². The second-order valence-electron chi connectivity index (χ2n) is 5.67. The summed E-state index contributed by atoms with van der Waals surface area (Å²) in [7, 11) is 0. The normalized spacial score (nSPS) is 12.1. The largest absolute Gasteiger partial charge is 0.420 e. The fraction of sp³-hybridized carbons (Fsp3) is 0.176. The van der Waals surface area contributed by atoms with E-state index in [9.17, 15) is 19.7 Å². The molecule has 0 aliphatic carbocycles. The van der Waals surface area contributed by atoms with Crippen LogP contribution in [0.2, 0.25) is 5.02 Å². The van der Waals surface area contributed by atoms with Crippen LogP contribution < -0.4 is 11.1 Å². The SMILES string of the molecule is CC(NC(=O)Cn1c(=O)oc2ccc([N+](=O)[O-])cc21)c1ccccc1Cl. The van der Waals surface area contributed by atoms with Crippen LogP contribution >= 0.6 is 11.6 Å². The van der Waals surface area contributed by atoms with Crippen LogP contribution in [0.4, 0.5) is 5.69 Å². The van der Waals surface area contributed by atoms with Crippen molar-refractivity contribution in [1.82, 2.24) is 9.88 Å². The fourth-order valence-corrected chi connectivity index (χ4v) is 2.95. The number of hydrogen-bond donors (Lipinski definition) is 1. The van der Waals surface area contributed by atoms with Gasteiger partial charge in [0, 0.05) is 17.2 Å². The van der Waals surface area contributed by atoms with Crippen molar-refractivity contribution in [2.45, 2.75) is 19.5 Å². The average molecular weight is 376 g/mol. The molecule has 1 heterocycles. The van der Waals surface area contributed by atoms with Crippen molar-refractivity contribution >= 4 is 34.3 Å². The maximum Gasteiger partial charge on any atom is 0.420 e. The number of non-ortho nitro benzene ring substituents is 1. The molecular weight excluding hydrogens is 362 g/mol. The van der Waals surface area contributed by atoms with Crippen LogP contribution in [0.3, 0.4) is 0 Å². The van der Waals surface area contributed by atoms with Crippen molar-refractivity contribution < 1.29 is 14.1 Å². The molecule has 1 N–H and O–H groups in total. The number of nitro groups is 1. The van der Waals surface area contributed by atoms with E-state index >= 15 is 0 Å². The molecule has 1 atom stereocenters. The second kappa shape index (κ2) is 7.01. The monoisotopic (exact) mass is 375 g/mol. The van der Waals surface area contributed by atoms with Crippen LogP contribution in [-0.4, -0.2) is 15.4 Å². The summed E-state index contributed by atoms with van der Waals surface area (Å²) < 4.78 is 6.08. The molecule has 0 aliphatic rings. The predicted molar refractivity (Wildman–Crippen MR) is 95.1 cm³/mol. The average Bonchev–Trinajstić information content (AvgIpc) is 2.90. The number of nitrogens with zero attached hydrogens (tertiary/aromatic N) is 2. The van der Waals surface area contributed by atoms with Gasteiger partial charge in [-0.25, -0.2) is 4.79 Å². The lowest BCUT2D eigenvalue weighted by atomic mass is 10.1. The smallest absolute Gasteiger partial charge is 0.408 e. The summed E-state index contributed by atoms with van der Waals surface area (Å²) in [6, 6.07) is 10.5. The minimum Gasteiger partial charge on any atom is -0.408 e. The summed E-state index contributed by atoms with van der Waals surface area (Å²) in [5.74, 6) is -1.21. The van der Waals surface area contributed by atoms with Crippen molar-refractivity contribution in [3.63, 3.8) is 0 Å². The summed E-state index contributed by atoms with van der Waals surface area (Å²) in [5.41, 5.74) is 0.900. The molecule has 134 valence electrons. The number of carbonyl (C=O) groups is 1. The van der Waals surface area contributed by atoms with Gasteiger partial charge >= 0.3 is 5.76 Å². The lowest BCUT2D eigenvalue weighted by molar-refractivity contribution is -0.384. The molecule has 1 aromatic heterocycles. The number of halogens is 1. The van der Waals surface area contributed by atoms with Gasteiger partial charge in [0.25, 0.3) is 5.69 Å². The fourth-order valence-electron chi connectivity index (χ4n) is 2.65. The standard InChI is InChI=1S/C17H14ClN3O5/c1-10(12-4-2-3-5-13(12)18)19-16(22)9-20-14-8-11(21(24)25)6-7-15(14)26-17(20)23/h2-8,10H,9H2,1H3,(H,19,22). The third-order valence-corrected chi connectivity index (χ3v) is 4.26. The molecule has 1 amide bonds. The van der Waals surface area contributed by atoms with Crippen molar-refractivity contribution in [2.75, 3.05) is 0 Å². The quantitative estimate of drug-likeness (QED) is 0.544. The summed E-state index contributed by atoms with van der Waals surface area (Å²) in [4.78, 5) is 34.7. The van der Waals surface area contributed by atoms with Gasteiger partial charge in [0.15, 0.2) is 5.58 Å². The van der Waals surface area contributed by atoms with Crippen LogP contribution in [0.15, 0.2) is 51.7 Å². The zero-order valence-electron chi connectivity index (χ0n) is 13.6. The minimum atomic E-state index is -0.763. The zero-order chi connectivity index (χ0) is 18.8. The highest BCUT2D eigenvalue weighted by atomic mass is 35.5. The van der Waals surface area contributed by atoms with E-state index in [1.54, 1.807) is 31.2 Å². The Labute approximate surface area is 152 Å². The molecule has 0 saturated heterocycles. The number of benzene rings is 2. The van der Waals surface area contributed by atoms with Crippen LogP contribution in [-0.2, 0) is 11.3 Å². The van der Waals surface area contributed by atoms with E-state index in [0.29, 0.717) is 5.02 Å². The number of nitrogens with one attached hydrogen (secondary N) is 1. The Morgan fingerprint density at radius 2 is 2.08 bits per heavy atom. The van der Waals surface area contributed by atoms with Crippen molar-refractivity contribution in [3.05, 3.63) is 73.7 Å². The molecule has 8 nitrogen and oxygen atoms in total. The van der Waals surface area contributed by atoms with Gasteiger partial charge in [-0.15, -0.1) is 0 Å². The van der Waals surface area contributed by atoms with Gasteiger partial charge in [-0.3, -0.25) is 19.5 Å². The van der Waals surface area contributed by atoms with E-state index in [1.807, 2.05) is 0 Å². The molecular formula is C17H14ClN3O5. The first-order valence-corrected chi connectivity index (χ1v) is 8.06. The maximum absolute atomic E-state index is 12.3. The molecule has 9 heteroatoms. The van der Waals surface area contributed by atoms with E-state index in [4.69, 9.17) is 16.0 Å². The first-order valence-electron chi connectivity index (χ1n) is 7.68. The Morgan fingerprint density at radius 1 is 1.35 bits per heavy atom. The van der Waals surface area contributed by atoms with Crippen molar-refractivity contribution in [1.29, 1.82) is 0 Å². The highest BCUT2D eigenvalue weighted by Crippen LogP contribution is 2.23. The molecule has 0 aliphatic heterocycles. The highest BCUT2D eigenvalue weighted by Gasteiger charge is 2.18. The number of fused-ring (bicyclic) bond motifs is 1. The highest BCUT2D eigenvalue weighted by molar-refractivity contribution is 6.31. The van der Waals surface area contributed by atoms with Crippen LogP contribution in [0.25, 0.3) is 11.1 Å². The van der Waals surface area contributed by atoms with Crippen molar-refractivity contribution in [2.24, 2.45) is 0 Å². The van der Waals surface area contributed by atoms with Gasteiger partial charge in [-0.2, -0.15) is 0 Å². The first-order chi connectivity index (χ1) is 12.4. The molecule has 1 unspecified atom stereocenters. The van der Waals surface area contributed by atoms with Crippen LogP contribution in [0.5, 0.6) is 0 Å².